The van der Waals surface area contributed by atoms with Gasteiger partial charge in [0, 0.05) is 37.5 Å². The molecule has 9 heteroatoms. The maximum atomic E-state index is 12.6. The van der Waals surface area contributed by atoms with Crippen LogP contribution in [0.15, 0.2) is 36.5 Å². The number of rotatable bonds is 4. The predicted octanol–water partition coefficient (Wildman–Crippen LogP) is 2.03. The number of non-ortho nitro benzene ring substituents is 1. The van der Waals surface area contributed by atoms with E-state index in [0.717, 1.165) is 19.4 Å². The fourth-order valence-corrected chi connectivity index (χ4v) is 2.87. The van der Waals surface area contributed by atoms with E-state index in [1.165, 1.54) is 12.1 Å². The monoisotopic (exact) mass is 365 g/mol. The van der Waals surface area contributed by atoms with Crippen LogP contribution in [0.5, 0.6) is 0 Å². The SMILES string of the molecule is CNC1CCCN(C(=O)c2ccn(-c3ccc([N+](=O)[O-])cc3)n2)C1.Cl. The highest BCUT2D eigenvalue weighted by Crippen LogP contribution is 2.16. The summed E-state index contributed by atoms with van der Waals surface area (Å²) in [5, 5.41) is 18.2. The first-order chi connectivity index (χ1) is 11.6. The molecular formula is C16H20ClN5O3. The number of nitrogens with zero attached hydrogens (tertiary/aromatic N) is 4. The van der Waals surface area contributed by atoms with E-state index in [4.69, 9.17) is 0 Å². The van der Waals surface area contributed by atoms with Crippen molar-refractivity contribution in [3.8, 4) is 5.69 Å². The lowest BCUT2D eigenvalue weighted by Gasteiger charge is -2.32. The molecule has 0 saturated carbocycles. The Morgan fingerprint density at radius 3 is 2.68 bits per heavy atom. The molecule has 0 aliphatic carbocycles. The van der Waals surface area contributed by atoms with Crippen LogP contribution < -0.4 is 5.32 Å². The van der Waals surface area contributed by atoms with Gasteiger partial charge in [-0.1, -0.05) is 0 Å². The third kappa shape index (κ3) is 4.15. The number of likely N-dealkylation sites (N-methyl/N-ethyl adjacent to an activating group) is 1. The van der Waals surface area contributed by atoms with E-state index < -0.39 is 4.92 Å². The first-order valence-electron chi connectivity index (χ1n) is 7.85. The molecule has 25 heavy (non-hydrogen) atoms. The van der Waals surface area contributed by atoms with Crippen molar-refractivity contribution in [2.45, 2.75) is 18.9 Å². The minimum absolute atomic E-state index is 0. The lowest BCUT2D eigenvalue weighted by molar-refractivity contribution is -0.384. The number of benzene rings is 1. The summed E-state index contributed by atoms with van der Waals surface area (Å²) < 4.78 is 1.55. The Balaban J connectivity index is 0.00000225. The maximum absolute atomic E-state index is 12.6. The fraction of sp³-hybridized carbons (Fsp3) is 0.375. The molecule has 1 amide bonds. The summed E-state index contributed by atoms with van der Waals surface area (Å²) in [6.45, 7) is 1.42. The summed E-state index contributed by atoms with van der Waals surface area (Å²) in [7, 11) is 1.90. The highest BCUT2D eigenvalue weighted by Gasteiger charge is 2.25. The first-order valence-corrected chi connectivity index (χ1v) is 7.85. The number of halogens is 1. The fourth-order valence-electron chi connectivity index (χ4n) is 2.87. The van der Waals surface area contributed by atoms with E-state index >= 15 is 0 Å². The Hall–Kier alpha value is -2.45. The Morgan fingerprint density at radius 2 is 2.04 bits per heavy atom. The van der Waals surface area contributed by atoms with Crippen LogP contribution in [0.3, 0.4) is 0 Å². The maximum Gasteiger partial charge on any atom is 0.274 e. The highest BCUT2D eigenvalue weighted by atomic mass is 35.5. The van der Waals surface area contributed by atoms with Gasteiger partial charge in [0.1, 0.15) is 0 Å². The molecule has 1 aromatic carbocycles. The van der Waals surface area contributed by atoms with Crippen molar-refractivity contribution in [3.05, 3.63) is 52.3 Å². The topological polar surface area (TPSA) is 93.3 Å². The summed E-state index contributed by atoms with van der Waals surface area (Å²) in [6.07, 6.45) is 3.73. The van der Waals surface area contributed by atoms with Crippen LogP contribution >= 0.6 is 12.4 Å². The predicted molar refractivity (Wildman–Crippen MR) is 95.5 cm³/mol. The number of piperidine rings is 1. The van der Waals surface area contributed by atoms with Gasteiger partial charge in [-0.2, -0.15) is 5.10 Å². The Morgan fingerprint density at radius 1 is 1.32 bits per heavy atom. The van der Waals surface area contributed by atoms with Crippen LogP contribution in [-0.4, -0.2) is 51.7 Å². The Kier molecular flexibility index (Phi) is 6.11. The number of nitro benzene ring substituents is 1. The van der Waals surface area contributed by atoms with E-state index in [2.05, 4.69) is 10.4 Å². The van der Waals surface area contributed by atoms with Gasteiger partial charge >= 0.3 is 0 Å². The molecule has 1 aromatic heterocycles. The number of likely N-dealkylation sites (tertiary alicyclic amines) is 1. The molecule has 1 N–H and O–H groups in total. The summed E-state index contributed by atoms with van der Waals surface area (Å²) in [4.78, 5) is 24.6. The second-order valence-electron chi connectivity index (χ2n) is 5.80. The average molecular weight is 366 g/mol. The van der Waals surface area contributed by atoms with E-state index in [-0.39, 0.29) is 24.0 Å². The standard InChI is InChI=1S/C16H19N5O3.ClH/c1-17-12-3-2-9-19(11-12)16(22)15-8-10-20(18-15)13-4-6-14(7-5-13)21(23)24;/h4-8,10,12,17H,2-3,9,11H2,1H3;1H. The number of amides is 1. The van der Waals surface area contributed by atoms with Gasteiger partial charge < -0.3 is 10.2 Å². The van der Waals surface area contributed by atoms with Gasteiger partial charge in [0.25, 0.3) is 11.6 Å². The van der Waals surface area contributed by atoms with Crippen molar-refractivity contribution < 1.29 is 9.72 Å². The molecule has 0 radical (unpaired) electrons. The number of carbonyl (C=O) groups excluding carboxylic acids is 1. The van der Waals surface area contributed by atoms with Crippen LogP contribution in [0, 0.1) is 10.1 Å². The van der Waals surface area contributed by atoms with E-state index in [1.54, 1.807) is 29.1 Å². The molecule has 134 valence electrons. The van der Waals surface area contributed by atoms with E-state index in [1.807, 2.05) is 11.9 Å². The summed E-state index contributed by atoms with van der Waals surface area (Å²) in [5.74, 6) is -0.0874. The van der Waals surface area contributed by atoms with E-state index in [0.29, 0.717) is 24.0 Å². The molecule has 2 aromatic rings. The molecule has 2 heterocycles. The molecule has 3 rings (SSSR count). The summed E-state index contributed by atoms with van der Waals surface area (Å²) >= 11 is 0. The number of carbonyl (C=O) groups is 1. The van der Waals surface area contributed by atoms with E-state index in [9.17, 15) is 14.9 Å². The van der Waals surface area contributed by atoms with Gasteiger partial charge in [0.2, 0.25) is 0 Å². The smallest absolute Gasteiger partial charge is 0.274 e. The molecule has 1 atom stereocenters. The number of hydrogen-bond donors (Lipinski definition) is 1. The van der Waals surface area contributed by atoms with Crippen LogP contribution in [0.25, 0.3) is 5.69 Å². The second kappa shape index (κ2) is 8.09. The molecule has 1 saturated heterocycles. The van der Waals surface area contributed by atoms with Crippen LogP contribution in [0.4, 0.5) is 5.69 Å². The zero-order valence-electron chi connectivity index (χ0n) is 13.8. The molecule has 8 nitrogen and oxygen atoms in total. The van der Waals surface area contributed by atoms with Crippen molar-refractivity contribution in [2.75, 3.05) is 20.1 Å². The number of aromatic nitrogens is 2. The number of nitro groups is 1. The molecule has 1 unspecified atom stereocenters. The third-order valence-corrected chi connectivity index (χ3v) is 4.25. The van der Waals surface area contributed by atoms with Crippen LogP contribution in [-0.2, 0) is 0 Å². The largest absolute Gasteiger partial charge is 0.336 e. The van der Waals surface area contributed by atoms with Crippen LogP contribution in [0.1, 0.15) is 23.3 Å². The number of nitrogens with one attached hydrogen (secondary N) is 1. The minimum atomic E-state index is -0.448. The molecule has 1 fully saturated rings. The van der Waals surface area contributed by atoms with Gasteiger partial charge in [0.05, 0.1) is 10.6 Å². The summed E-state index contributed by atoms with van der Waals surface area (Å²) in [5.41, 5.74) is 1.07. The van der Waals surface area contributed by atoms with Crippen molar-refractivity contribution >= 4 is 24.0 Å². The Labute approximate surface area is 151 Å². The van der Waals surface area contributed by atoms with Crippen molar-refractivity contribution in [1.29, 1.82) is 0 Å². The van der Waals surface area contributed by atoms with Gasteiger partial charge in [-0.25, -0.2) is 4.68 Å². The third-order valence-electron chi connectivity index (χ3n) is 4.25. The zero-order chi connectivity index (χ0) is 17.1. The van der Waals surface area contributed by atoms with Gasteiger partial charge in [-0.3, -0.25) is 14.9 Å². The lowest BCUT2D eigenvalue weighted by atomic mass is 10.1. The highest BCUT2D eigenvalue weighted by molar-refractivity contribution is 5.92. The second-order valence-corrected chi connectivity index (χ2v) is 5.80. The molecule has 0 bridgehead atoms. The molecule has 1 aliphatic heterocycles. The van der Waals surface area contributed by atoms with Gasteiger partial charge in [-0.15, -0.1) is 12.4 Å². The van der Waals surface area contributed by atoms with Crippen molar-refractivity contribution in [2.24, 2.45) is 0 Å². The average Bonchev–Trinajstić information content (AvgIpc) is 3.11. The van der Waals surface area contributed by atoms with Crippen molar-refractivity contribution in [3.63, 3.8) is 0 Å². The van der Waals surface area contributed by atoms with Gasteiger partial charge in [0.15, 0.2) is 5.69 Å². The normalized spacial score (nSPS) is 17.0. The number of hydrogen-bond acceptors (Lipinski definition) is 5. The molecular weight excluding hydrogens is 346 g/mol. The van der Waals surface area contributed by atoms with Gasteiger partial charge in [-0.05, 0) is 38.1 Å². The van der Waals surface area contributed by atoms with Crippen molar-refractivity contribution in [1.82, 2.24) is 20.0 Å². The minimum Gasteiger partial charge on any atom is -0.336 e. The molecule has 1 aliphatic rings. The van der Waals surface area contributed by atoms with Crippen LogP contribution in [0.2, 0.25) is 0 Å². The lowest BCUT2D eigenvalue weighted by Crippen LogP contribution is -2.47. The quantitative estimate of drug-likeness (QED) is 0.661. The zero-order valence-corrected chi connectivity index (χ0v) is 14.6. The molecule has 0 spiro atoms. The first kappa shape index (κ1) is 18.9. The summed E-state index contributed by atoms with van der Waals surface area (Å²) in [6, 6.07) is 8.04. The Bertz CT molecular complexity index is 746.